The maximum absolute atomic E-state index is 12.9. The summed E-state index contributed by atoms with van der Waals surface area (Å²) < 4.78 is 6.76. The number of ether oxygens (including phenoxy) is 1. The standard InChI is InChI=1S/C23H29IN2O3/c1-3-4-15-25-23(28)18(2)26(16-14-19-8-6-5-7-9-19)22(27)17-29-21-12-10-20(24)11-13-21/h5-13,18H,3-4,14-17H2,1-2H3,(H,25,28)/t18-/m1/s1. The summed E-state index contributed by atoms with van der Waals surface area (Å²) in [5, 5.41) is 2.92. The molecule has 2 amide bonds. The molecule has 0 aliphatic heterocycles. The normalized spacial score (nSPS) is 11.6. The molecule has 0 aromatic heterocycles. The first kappa shape index (κ1) is 23.2. The fraction of sp³-hybridized carbons (Fsp3) is 0.391. The van der Waals surface area contributed by atoms with E-state index in [1.165, 1.54) is 0 Å². The smallest absolute Gasteiger partial charge is 0.261 e. The van der Waals surface area contributed by atoms with Crippen molar-refractivity contribution < 1.29 is 14.3 Å². The monoisotopic (exact) mass is 508 g/mol. The summed E-state index contributed by atoms with van der Waals surface area (Å²) in [6.45, 7) is 4.84. The highest BCUT2D eigenvalue weighted by atomic mass is 127. The second-order valence-electron chi connectivity index (χ2n) is 6.89. The molecule has 0 aliphatic rings. The van der Waals surface area contributed by atoms with Gasteiger partial charge in [0.15, 0.2) is 6.61 Å². The number of carbonyl (C=O) groups excluding carboxylic acids is 2. The summed E-state index contributed by atoms with van der Waals surface area (Å²) in [5.74, 6) is 0.313. The molecule has 0 heterocycles. The van der Waals surface area contributed by atoms with Crippen LogP contribution >= 0.6 is 22.6 Å². The van der Waals surface area contributed by atoms with Gasteiger partial charge in [0, 0.05) is 16.7 Å². The average molecular weight is 508 g/mol. The van der Waals surface area contributed by atoms with Crippen molar-refractivity contribution >= 4 is 34.4 Å². The Morgan fingerprint density at radius 3 is 2.45 bits per heavy atom. The zero-order valence-electron chi connectivity index (χ0n) is 17.1. The second-order valence-corrected chi connectivity index (χ2v) is 8.13. The van der Waals surface area contributed by atoms with Gasteiger partial charge in [-0.15, -0.1) is 0 Å². The van der Waals surface area contributed by atoms with Gasteiger partial charge in [-0.3, -0.25) is 9.59 Å². The van der Waals surface area contributed by atoms with Crippen molar-refractivity contribution in [3.8, 4) is 5.75 Å². The summed E-state index contributed by atoms with van der Waals surface area (Å²) >= 11 is 2.22. The molecule has 2 rings (SSSR count). The third kappa shape index (κ3) is 8.04. The highest BCUT2D eigenvalue weighted by Gasteiger charge is 2.25. The molecule has 0 spiro atoms. The number of halogens is 1. The van der Waals surface area contributed by atoms with Gasteiger partial charge in [-0.25, -0.2) is 0 Å². The molecule has 0 bridgehead atoms. The van der Waals surface area contributed by atoms with Crippen LogP contribution in [-0.2, 0) is 16.0 Å². The zero-order valence-corrected chi connectivity index (χ0v) is 19.2. The van der Waals surface area contributed by atoms with E-state index >= 15 is 0 Å². The Morgan fingerprint density at radius 2 is 1.79 bits per heavy atom. The molecule has 0 saturated carbocycles. The van der Waals surface area contributed by atoms with Gasteiger partial charge in [0.2, 0.25) is 5.91 Å². The Labute approximate surface area is 187 Å². The SMILES string of the molecule is CCCCNC(=O)[C@@H](C)N(CCc1ccccc1)C(=O)COc1ccc(I)cc1. The van der Waals surface area contributed by atoms with E-state index in [-0.39, 0.29) is 18.4 Å². The molecular weight excluding hydrogens is 479 g/mol. The summed E-state index contributed by atoms with van der Waals surface area (Å²) in [4.78, 5) is 27.1. The summed E-state index contributed by atoms with van der Waals surface area (Å²) in [6, 6.07) is 16.9. The van der Waals surface area contributed by atoms with Crippen LogP contribution in [0.5, 0.6) is 5.75 Å². The van der Waals surface area contributed by atoms with E-state index in [4.69, 9.17) is 4.74 Å². The van der Waals surface area contributed by atoms with Crippen LogP contribution in [0.3, 0.4) is 0 Å². The Kier molecular flexibility index (Phi) is 9.97. The van der Waals surface area contributed by atoms with E-state index in [0.717, 1.165) is 22.0 Å². The first-order valence-corrected chi connectivity index (χ1v) is 11.1. The maximum atomic E-state index is 12.9. The van der Waals surface area contributed by atoms with E-state index in [0.29, 0.717) is 25.3 Å². The Balaban J connectivity index is 2.01. The summed E-state index contributed by atoms with van der Waals surface area (Å²) in [5.41, 5.74) is 1.13. The number of carbonyl (C=O) groups is 2. The lowest BCUT2D eigenvalue weighted by molar-refractivity contribution is -0.141. The molecular formula is C23H29IN2O3. The largest absolute Gasteiger partial charge is 0.484 e. The number of hydrogen-bond acceptors (Lipinski definition) is 3. The van der Waals surface area contributed by atoms with E-state index in [9.17, 15) is 9.59 Å². The number of unbranched alkanes of at least 4 members (excludes halogenated alkanes) is 1. The molecule has 29 heavy (non-hydrogen) atoms. The lowest BCUT2D eigenvalue weighted by Crippen LogP contribution is -2.50. The van der Waals surface area contributed by atoms with Crippen molar-refractivity contribution in [2.45, 2.75) is 39.2 Å². The van der Waals surface area contributed by atoms with Crippen LogP contribution in [-0.4, -0.2) is 42.5 Å². The molecule has 0 unspecified atom stereocenters. The maximum Gasteiger partial charge on any atom is 0.261 e. The minimum absolute atomic E-state index is 0.0953. The molecule has 0 saturated heterocycles. The van der Waals surface area contributed by atoms with Gasteiger partial charge in [-0.05, 0) is 72.2 Å². The predicted molar refractivity (Wildman–Crippen MR) is 124 cm³/mol. The molecule has 1 N–H and O–H groups in total. The van der Waals surface area contributed by atoms with Crippen LogP contribution in [0, 0.1) is 3.57 Å². The Bertz CT molecular complexity index is 765. The van der Waals surface area contributed by atoms with Crippen LogP contribution in [0.15, 0.2) is 54.6 Å². The van der Waals surface area contributed by atoms with Crippen molar-refractivity contribution in [2.24, 2.45) is 0 Å². The van der Waals surface area contributed by atoms with Gasteiger partial charge in [0.05, 0.1) is 0 Å². The Hall–Kier alpha value is -2.09. The Morgan fingerprint density at radius 1 is 1.10 bits per heavy atom. The molecule has 6 heteroatoms. The van der Waals surface area contributed by atoms with Gasteiger partial charge in [0.1, 0.15) is 11.8 Å². The predicted octanol–water partition coefficient (Wildman–Crippen LogP) is 4.05. The minimum atomic E-state index is -0.552. The van der Waals surface area contributed by atoms with Crippen molar-refractivity contribution in [2.75, 3.05) is 19.7 Å². The highest BCUT2D eigenvalue weighted by molar-refractivity contribution is 14.1. The topological polar surface area (TPSA) is 58.6 Å². The molecule has 0 aliphatic carbocycles. The van der Waals surface area contributed by atoms with Gasteiger partial charge in [-0.1, -0.05) is 43.7 Å². The van der Waals surface area contributed by atoms with Crippen molar-refractivity contribution in [1.82, 2.24) is 10.2 Å². The quantitative estimate of drug-likeness (QED) is 0.368. The molecule has 2 aromatic carbocycles. The molecule has 156 valence electrons. The summed E-state index contributed by atoms with van der Waals surface area (Å²) in [7, 11) is 0. The number of benzene rings is 2. The number of amides is 2. The number of rotatable bonds is 11. The fourth-order valence-corrected chi connectivity index (χ4v) is 3.22. The van der Waals surface area contributed by atoms with Gasteiger partial charge < -0.3 is 15.0 Å². The van der Waals surface area contributed by atoms with E-state index in [2.05, 4.69) is 34.8 Å². The van der Waals surface area contributed by atoms with Crippen molar-refractivity contribution in [3.05, 3.63) is 63.7 Å². The lowest BCUT2D eigenvalue weighted by atomic mass is 10.1. The van der Waals surface area contributed by atoms with Gasteiger partial charge in [0.25, 0.3) is 5.91 Å². The van der Waals surface area contributed by atoms with Crippen molar-refractivity contribution in [1.29, 1.82) is 0 Å². The molecule has 0 radical (unpaired) electrons. The highest BCUT2D eigenvalue weighted by Crippen LogP contribution is 2.14. The molecule has 5 nitrogen and oxygen atoms in total. The zero-order chi connectivity index (χ0) is 21.1. The minimum Gasteiger partial charge on any atom is -0.484 e. The second kappa shape index (κ2) is 12.5. The van der Waals surface area contributed by atoms with E-state index in [1.54, 1.807) is 11.8 Å². The third-order valence-corrected chi connectivity index (χ3v) is 5.38. The lowest BCUT2D eigenvalue weighted by Gasteiger charge is -2.28. The number of nitrogens with zero attached hydrogens (tertiary/aromatic N) is 1. The van der Waals surface area contributed by atoms with Gasteiger partial charge >= 0.3 is 0 Å². The fourth-order valence-electron chi connectivity index (χ4n) is 2.86. The third-order valence-electron chi connectivity index (χ3n) is 4.66. The van der Waals surface area contributed by atoms with Crippen LogP contribution in [0.4, 0.5) is 0 Å². The van der Waals surface area contributed by atoms with Gasteiger partial charge in [-0.2, -0.15) is 0 Å². The van der Waals surface area contributed by atoms with E-state index in [1.807, 2.05) is 54.6 Å². The summed E-state index contributed by atoms with van der Waals surface area (Å²) in [6.07, 6.45) is 2.62. The van der Waals surface area contributed by atoms with Crippen LogP contribution in [0.2, 0.25) is 0 Å². The number of hydrogen-bond donors (Lipinski definition) is 1. The van der Waals surface area contributed by atoms with Crippen LogP contribution < -0.4 is 10.1 Å². The first-order valence-electron chi connectivity index (χ1n) is 10.0. The first-order chi connectivity index (χ1) is 14.0. The molecule has 1 atom stereocenters. The van der Waals surface area contributed by atoms with E-state index < -0.39 is 6.04 Å². The number of nitrogens with one attached hydrogen (secondary N) is 1. The van der Waals surface area contributed by atoms with Crippen molar-refractivity contribution in [3.63, 3.8) is 0 Å². The average Bonchev–Trinajstić information content (AvgIpc) is 2.74. The molecule has 0 fully saturated rings. The molecule has 2 aromatic rings. The van der Waals surface area contributed by atoms with Crippen LogP contribution in [0.1, 0.15) is 32.3 Å². The van der Waals surface area contributed by atoms with Crippen LogP contribution in [0.25, 0.3) is 0 Å².